The van der Waals surface area contributed by atoms with Crippen LogP contribution in [0.5, 0.6) is 0 Å². The Morgan fingerprint density at radius 3 is 2.74 bits per heavy atom. The first-order chi connectivity index (χ1) is 16.2. The highest BCUT2D eigenvalue weighted by Gasteiger charge is 2.32. The Hall–Kier alpha value is -3.81. The number of anilines is 1. The Bertz CT molecular complexity index is 1450. The molecule has 0 spiro atoms. The van der Waals surface area contributed by atoms with Crippen molar-refractivity contribution in [2.24, 2.45) is 5.92 Å². The second kappa shape index (κ2) is 9.09. The quantitative estimate of drug-likeness (QED) is 0.426. The molecule has 35 heavy (non-hydrogen) atoms. The predicted molar refractivity (Wildman–Crippen MR) is 124 cm³/mol. The van der Waals surface area contributed by atoms with Crippen LogP contribution in [0.4, 0.5) is 18.9 Å². The highest BCUT2D eigenvalue weighted by molar-refractivity contribution is 7.59. The Morgan fingerprint density at radius 1 is 1.23 bits per heavy atom. The second-order valence-electron chi connectivity index (χ2n) is 8.08. The lowest BCUT2D eigenvalue weighted by atomic mass is 10.1. The summed E-state index contributed by atoms with van der Waals surface area (Å²) in [4.78, 5) is 32.6. The number of aromatic nitrogens is 6. The molecular weight excluding hydrogens is 487 g/mol. The number of aromatic carboxylic acids is 1. The average Bonchev–Trinajstić information content (AvgIpc) is 3.54. The van der Waals surface area contributed by atoms with E-state index in [1.807, 2.05) is 4.90 Å². The number of nitrogens with one attached hydrogen (secondary N) is 1. The third-order valence-corrected chi connectivity index (χ3v) is 5.79. The van der Waals surface area contributed by atoms with E-state index in [1.54, 1.807) is 6.07 Å². The molecule has 1 aromatic carbocycles. The number of halogens is 3. The van der Waals surface area contributed by atoms with Gasteiger partial charge in [0.2, 0.25) is 5.95 Å². The molecule has 0 saturated carbocycles. The number of H-pyrrole nitrogens is 1. The van der Waals surface area contributed by atoms with Crippen LogP contribution in [0.1, 0.15) is 22.3 Å². The monoisotopic (exact) mass is 507 g/mol. The minimum atomic E-state index is -4.40. The van der Waals surface area contributed by atoms with Gasteiger partial charge in [-0.2, -0.15) is 36.9 Å². The summed E-state index contributed by atoms with van der Waals surface area (Å²) in [6, 6.07) is 5.25. The zero-order valence-electron chi connectivity index (χ0n) is 18.0. The number of fused-ring (bicyclic) bond motifs is 1. The molecule has 4 heterocycles. The number of hydrogen-bond acceptors (Lipinski definition) is 6. The fraction of sp³-hybridized carbons (Fsp3) is 0.286. The minimum Gasteiger partial charge on any atom is -0.478 e. The molecule has 3 aromatic heterocycles. The van der Waals surface area contributed by atoms with Crippen molar-refractivity contribution in [3.05, 3.63) is 64.3 Å². The summed E-state index contributed by atoms with van der Waals surface area (Å²) >= 11 is 0. The van der Waals surface area contributed by atoms with Gasteiger partial charge in [-0.15, -0.1) is 0 Å². The zero-order valence-corrected chi connectivity index (χ0v) is 19.0. The second-order valence-corrected chi connectivity index (χ2v) is 8.08. The standard InChI is InChI=1S/C21H18F3N7O3.H2S/c22-21(23,24)14-2-1-3-15(6-14)29-5-4-12(9-29)10-30-17-16(8-26-30)27-20(28-18(17)32)31-11-13(7-25-31)19(33)34;/h1-3,6-8,11-12H,4-5,9-10H2,(H,33,34)(H,27,28,32);1H2/t12-;/m0./s1. The van der Waals surface area contributed by atoms with E-state index in [0.29, 0.717) is 30.8 Å². The molecule has 0 radical (unpaired) electrons. The molecule has 10 nitrogen and oxygen atoms in total. The van der Waals surface area contributed by atoms with Crippen LogP contribution in [0.15, 0.2) is 47.7 Å². The highest BCUT2D eigenvalue weighted by atomic mass is 32.1. The number of carboxylic acid groups (broad SMARTS) is 1. The van der Waals surface area contributed by atoms with Gasteiger partial charge in [-0.1, -0.05) is 6.07 Å². The van der Waals surface area contributed by atoms with Crippen LogP contribution in [0.3, 0.4) is 0 Å². The van der Waals surface area contributed by atoms with Crippen LogP contribution in [0.2, 0.25) is 0 Å². The van der Waals surface area contributed by atoms with Gasteiger partial charge in [-0.3, -0.25) is 14.5 Å². The van der Waals surface area contributed by atoms with Crippen molar-refractivity contribution >= 4 is 36.2 Å². The van der Waals surface area contributed by atoms with Gasteiger partial charge in [0.25, 0.3) is 5.56 Å². The Morgan fingerprint density at radius 2 is 2.03 bits per heavy atom. The van der Waals surface area contributed by atoms with Gasteiger partial charge in [0, 0.05) is 31.5 Å². The largest absolute Gasteiger partial charge is 0.478 e. The predicted octanol–water partition coefficient (Wildman–Crippen LogP) is 2.66. The molecule has 184 valence electrons. The summed E-state index contributed by atoms with van der Waals surface area (Å²) in [5.74, 6) is -1.03. The van der Waals surface area contributed by atoms with E-state index in [2.05, 4.69) is 20.2 Å². The van der Waals surface area contributed by atoms with Gasteiger partial charge in [0.05, 0.1) is 23.5 Å². The van der Waals surface area contributed by atoms with Crippen molar-refractivity contribution in [3.63, 3.8) is 0 Å². The third kappa shape index (κ3) is 4.73. The van der Waals surface area contributed by atoms with Crippen molar-refractivity contribution in [1.29, 1.82) is 0 Å². The molecule has 1 fully saturated rings. The molecule has 1 atom stereocenters. The van der Waals surface area contributed by atoms with Gasteiger partial charge >= 0.3 is 12.1 Å². The lowest BCUT2D eigenvalue weighted by molar-refractivity contribution is -0.137. The zero-order chi connectivity index (χ0) is 24.0. The van der Waals surface area contributed by atoms with Crippen molar-refractivity contribution in [2.45, 2.75) is 19.1 Å². The normalized spacial score (nSPS) is 16.0. The van der Waals surface area contributed by atoms with Gasteiger partial charge in [-0.05, 0) is 30.5 Å². The molecule has 0 unspecified atom stereocenters. The lowest BCUT2D eigenvalue weighted by Gasteiger charge is -2.20. The van der Waals surface area contributed by atoms with Crippen molar-refractivity contribution in [1.82, 2.24) is 29.5 Å². The van der Waals surface area contributed by atoms with E-state index in [-0.39, 0.29) is 36.4 Å². The Balaban J connectivity index is 0.00000289. The van der Waals surface area contributed by atoms with E-state index in [9.17, 15) is 22.8 Å². The third-order valence-electron chi connectivity index (χ3n) is 5.79. The highest BCUT2D eigenvalue weighted by Crippen LogP contribution is 2.33. The molecule has 2 N–H and O–H groups in total. The molecule has 4 aromatic rings. The molecule has 0 aliphatic carbocycles. The number of rotatable bonds is 5. The number of benzene rings is 1. The first kappa shape index (κ1) is 24.3. The molecule has 0 amide bonds. The maximum absolute atomic E-state index is 13.0. The maximum atomic E-state index is 13.0. The molecule has 1 aliphatic rings. The van der Waals surface area contributed by atoms with E-state index in [0.717, 1.165) is 29.4 Å². The van der Waals surface area contributed by atoms with Crippen LogP contribution in [0.25, 0.3) is 17.0 Å². The first-order valence-corrected chi connectivity index (χ1v) is 10.4. The van der Waals surface area contributed by atoms with Crippen molar-refractivity contribution in [3.8, 4) is 5.95 Å². The molecular formula is C21H20F3N7O3S. The number of carboxylic acids is 1. The van der Waals surface area contributed by atoms with Gasteiger partial charge < -0.3 is 10.0 Å². The van der Waals surface area contributed by atoms with Crippen molar-refractivity contribution in [2.75, 3.05) is 18.0 Å². The van der Waals surface area contributed by atoms with Gasteiger partial charge in [0.15, 0.2) is 5.52 Å². The number of carbonyl (C=O) groups is 1. The van der Waals surface area contributed by atoms with Crippen LogP contribution in [-0.4, -0.2) is 53.7 Å². The van der Waals surface area contributed by atoms with Crippen LogP contribution >= 0.6 is 13.5 Å². The van der Waals surface area contributed by atoms with Gasteiger partial charge in [-0.25, -0.2) is 14.5 Å². The van der Waals surface area contributed by atoms with Crippen LogP contribution in [-0.2, 0) is 12.7 Å². The molecule has 1 saturated heterocycles. The lowest BCUT2D eigenvalue weighted by Crippen LogP contribution is -2.23. The number of alkyl halides is 3. The molecule has 0 bridgehead atoms. The van der Waals surface area contributed by atoms with E-state index >= 15 is 0 Å². The summed E-state index contributed by atoms with van der Waals surface area (Å²) in [6.07, 6.45) is 0.146. The van der Waals surface area contributed by atoms with Crippen molar-refractivity contribution < 1.29 is 23.1 Å². The van der Waals surface area contributed by atoms with E-state index < -0.39 is 23.3 Å². The smallest absolute Gasteiger partial charge is 0.416 e. The van der Waals surface area contributed by atoms with Gasteiger partial charge in [0.1, 0.15) is 5.52 Å². The molecule has 5 rings (SSSR count). The fourth-order valence-electron chi connectivity index (χ4n) is 4.13. The first-order valence-electron chi connectivity index (χ1n) is 10.4. The SMILES string of the molecule is O=C(O)c1cnn(-c2nc3cnn(C[C@H]4CCN(c5cccc(C(F)(F)F)c5)C4)c3c(=O)[nH]2)c1.S. The average molecular weight is 507 g/mol. The van der Waals surface area contributed by atoms with E-state index in [4.69, 9.17) is 5.11 Å². The summed E-state index contributed by atoms with van der Waals surface area (Å²) in [5.41, 5.74) is -0.118. The summed E-state index contributed by atoms with van der Waals surface area (Å²) < 4.78 is 41.8. The number of hydrogen-bond donors (Lipinski definition) is 2. The Kier molecular flexibility index (Phi) is 6.32. The molecule has 14 heteroatoms. The summed E-state index contributed by atoms with van der Waals surface area (Å²) in [7, 11) is 0. The van der Waals surface area contributed by atoms with E-state index in [1.165, 1.54) is 23.1 Å². The maximum Gasteiger partial charge on any atom is 0.416 e. The topological polar surface area (TPSA) is 122 Å². The Labute approximate surface area is 202 Å². The fourth-order valence-corrected chi connectivity index (χ4v) is 4.13. The number of aromatic amines is 1. The van der Waals surface area contributed by atoms with Crippen LogP contribution < -0.4 is 10.5 Å². The minimum absolute atomic E-state index is 0. The molecule has 1 aliphatic heterocycles. The summed E-state index contributed by atoms with van der Waals surface area (Å²) in [6.45, 7) is 1.51. The summed E-state index contributed by atoms with van der Waals surface area (Å²) in [5, 5.41) is 17.2. The number of nitrogens with zero attached hydrogens (tertiary/aromatic N) is 6. The van der Waals surface area contributed by atoms with Crippen LogP contribution in [0, 0.1) is 5.92 Å².